The zero-order chi connectivity index (χ0) is 17.6. The molecule has 0 fully saturated rings. The smallest absolute Gasteiger partial charge is 0.257 e. The SMILES string of the molecule is Cc1cc(C)c(C)c(-c2c3c(nc[n+]2C)C=C(c2ccccn2)C3)c1. The number of hydrogen-bond acceptors (Lipinski definition) is 2. The van der Waals surface area contributed by atoms with Crippen LogP contribution < -0.4 is 4.57 Å². The van der Waals surface area contributed by atoms with Crippen molar-refractivity contribution in [1.82, 2.24) is 9.97 Å². The maximum Gasteiger partial charge on any atom is 0.287 e. The van der Waals surface area contributed by atoms with E-state index >= 15 is 0 Å². The van der Waals surface area contributed by atoms with Gasteiger partial charge in [0.15, 0.2) is 5.69 Å². The molecule has 1 aliphatic rings. The second-order valence-electron chi connectivity index (χ2n) is 6.88. The molecule has 0 aliphatic heterocycles. The molecule has 0 atom stereocenters. The quantitative estimate of drug-likeness (QED) is 0.666. The lowest BCUT2D eigenvalue weighted by atomic mass is 9.94. The first-order valence-corrected chi connectivity index (χ1v) is 8.62. The molecule has 1 aliphatic carbocycles. The normalized spacial score (nSPS) is 12.9. The number of allylic oxidation sites excluding steroid dienone is 1. The molecule has 0 bridgehead atoms. The fourth-order valence-electron chi connectivity index (χ4n) is 3.68. The average molecular weight is 328 g/mol. The van der Waals surface area contributed by atoms with Gasteiger partial charge in [-0.1, -0.05) is 17.7 Å². The summed E-state index contributed by atoms with van der Waals surface area (Å²) in [4.78, 5) is 9.17. The summed E-state index contributed by atoms with van der Waals surface area (Å²) in [5.74, 6) is 0. The van der Waals surface area contributed by atoms with Gasteiger partial charge in [0.1, 0.15) is 5.69 Å². The van der Waals surface area contributed by atoms with Crippen LogP contribution >= 0.6 is 0 Å². The van der Waals surface area contributed by atoms with Crippen LogP contribution in [0.5, 0.6) is 0 Å². The van der Waals surface area contributed by atoms with Crippen LogP contribution in [0.25, 0.3) is 22.9 Å². The highest BCUT2D eigenvalue weighted by Gasteiger charge is 2.27. The van der Waals surface area contributed by atoms with E-state index in [0.29, 0.717) is 0 Å². The van der Waals surface area contributed by atoms with E-state index in [2.05, 4.69) is 66.6 Å². The molecule has 3 heteroatoms. The van der Waals surface area contributed by atoms with Crippen molar-refractivity contribution in [1.29, 1.82) is 0 Å². The Hall–Kier alpha value is -2.81. The third-order valence-electron chi connectivity index (χ3n) is 5.06. The lowest BCUT2D eigenvalue weighted by Gasteiger charge is -2.13. The summed E-state index contributed by atoms with van der Waals surface area (Å²) in [6.07, 6.45) is 6.82. The molecular weight excluding hydrogens is 306 g/mol. The van der Waals surface area contributed by atoms with Gasteiger partial charge in [-0.2, -0.15) is 0 Å². The van der Waals surface area contributed by atoms with Crippen molar-refractivity contribution in [3.05, 3.63) is 76.5 Å². The van der Waals surface area contributed by atoms with Crippen LogP contribution in [0.2, 0.25) is 0 Å². The highest BCUT2D eigenvalue weighted by atomic mass is 15.0. The van der Waals surface area contributed by atoms with E-state index in [0.717, 1.165) is 17.8 Å². The molecule has 2 aromatic heterocycles. The molecule has 3 nitrogen and oxygen atoms in total. The average Bonchev–Trinajstić information content (AvgIpc) is 3.03. The fraction of sp³-hybridized carbons (Fsp3) is 0.227. The number of benzene rings is 1. The second kappa shape index (κ2) is 5.92. The Labute approximate surface area is 148 Å². The zero-order valence-corrected chi connectivity index (χ0v) is 15.2. The van der Waals surface area contributed by atoms with E-state index < -0.39 is 0 Å². The molecule has 3 aromatic rings. The minimum Gasteiger partial charge on any atom is -0.257 e. The molecule has 25 heavy (non-hydrogen) atoms. The molecule has 4 rings (SSSR count). The molecule has 0 unspecified atom stereocenters. The first-order valence-electron chi connectivity index (χ1n) is 8.62. The largest absolute Gasteiger partial charge is 0.287 e. The standard InChI is InChI=1S/C22H22N3/c1-14-9-15(2)16(3)18(10-14)22-19-11-17(20-7-5-6-8-23-20)12-21(19)24-13-25(22)4/h5-10,12-13H,11H2,1-4H3/q+1. The highest BCUT2D eigenvalue weighted by molar-refractivity contribution is 5.89. The number of hydrogen-bond donors (Lipinski definition) is 0. The number of fused-ring (bicyclic) bond motifs is 1. The number of aryl methyl sites for hydroxylation is 3. The fourth-order valence-corrected chi connectivity index (χ4v) is 3.68. The van der Waals surface area contributed by atoms with Crippen molar-refractivity contribution >= 4 is 11.6 Å². The van der Waals surface area contributed by atoms with E-state index in [1.807, 2.05) is 24.7 Å². The van der Waals surface area contributed by atoms with Gasteiger partial charge in [-0.15, -0.1) is 0 Å². The molecule has 0 saturated heterocycles. The summed E-state index contributed by atoms with van der Waals surface area (Å²) in [6, 6.07) is 10.6. The van der Waals surface area contributed by atoms with E-state index in [1.165, 1.54) is 39.1 Å². The van der Waals surface area contributed by atoms with Crippen molar-refractivity contribution < 1.29 is 4.57 Å². The van der Waals surface area contributed by atoms with Crippen LogP contribution in [-0.2, 0) is 13.5 Å². The molecule has 0 radical (unpaired) electrons. The first kappa shape index (κ1) is 15.7. The number of nitrogens with zero attached hydrogens (tertiary/aromatic N) is 3. The van der Waals surface area contributed by atoms with Crippen molar-refractivity contribution in [3.63, 3.8) is 0 Å². The van der Waals surface area contributed by atoms with Crippen LogP contribution in [0, 0.1) is 20.8 Å². The predicted octanol–water partition coefficient (Wildman–Crippen LogP) is 3.99. The Kier molecular flexibility index (Phi) is 3.72. The van der Waals surface area contributed by atoms with Crippen LogP contribution in [0.4, 0.5) is 0 Å². The predicted molar refractivity (Wildman–Crippen MR) is 101 cm³/mol. The van der Waals surface area contributed by atoms with Crippen LogP contribution in [0.3, 0.4) is 0 Å². The second-order valence-corrected chi connectivity index (χ2v) is 6.88. The Morgan fingerprint density at radius 1 is 1.04 bits per heavy atom. The van der Waals surface area contributed by atoms with Gasteiger partial charge in [-0.25, -0.2) is 4.57 Å². The van der Waals surface area contributed by atoms with E-state index in [1.54, 1.807) is 0 Å². The van der Waals surface area contributed by atoms with Crippen LogP contribution in [-0.4, -0.2) is 9.97 Å². The topological polar surface area (TPSA) is 29.7 Å². The summed E-state index contributed by atoms with van der Waals surface area (Å²) in [5.41, 5.74) is 11.1. The summed E-state index contributed by atoms with van der Waals surface area (Å²) in [6.45, 7) is 6.55. The molecule has 0 amide bonds. The Bertz CT molecular complexity index is 1000. The van der Waals surface area contributed by atoms with Gasteiger partial charge >= 0.3 is 0 Å². The number of rotatable bonds is 2. The molecule has 124 valence electrons. The van der Waals surface area contributed by atoms with Crippen molar-refractivity contribution in [2.24, 2.45) is 7.05 Å². The summed E-state index contributed by atoms with van der Waals surface area (Å²) >= 11 is 0. The Morgan fingerprint density at radius 3 is 2.64 bits per heavy atom. The zero-order valence-electron chi connectivity index (χ0n) is 15.2. The van der Waals surface area contributed by atoms with Gasteiger partial charge in [-0.05, 0) is 66.7 Å². The summed E-state index contributed by atoms with van der Waals surface area (Å²) < 4.78 is 2.15. The summed E-state index contributed by atoms with van der Waals surface area (Å²) in [5, 5.41) is 0. The summed E-state index contributed by atoms with van der Waals surface area (Å²) in [7, 11) is 2.08. The Morgan fingerprint density at radius 2 is 1.88 bits per heavy atom. The maximum atomic E-state index is 4.65. The lowest BCUT2D eigenvalue weighted by molar-refractivity contribution is -0.663. The van der Waals surface area contributed by atoms with Crippen molar-refractivity contribution in [2.45, 2.75) is 27.2 Å². The van der Waals surface area contributed by atoms with Gasteiger partial charge < -0.3 is 0 Å². The van der Waals surface area contributed by atoms with Gasteiger partial charge in [0.05, 0.1) is 18.3 Å². The minimum absolute atomic E-state index is 0.871. The van der Waals surface area contributed by atoms with E-state index in [4.69, 9.17) is 0 Å². The number of aromatic nitrogens is 3. The molecule has 2 heterocycles. The van der Waals surface area contributed by atoms with Gasteiger partial charge in [0, 0.05) is 18.2 Å². The van der Waals surface area contributed by atoms with Crippen LogP contribution in [0.1, 0.15) is 33.6 Å². The van der Waals surface area contributed by atoms with Crippen molar-refractivity contribution in [2.75, 3.05) is 0 Å². The molecule has 0 spiro atoms. The van der Waals surface area contributed by atoms with E-state index in [-0.39, 0.29) is 0 Å². The first-order chi connectivity index (χ1) is 12.0. The van der Waals surface area contributed by atoms with Gasteiger partial charge in [0.2, 0.25) is 0 Å². The minimum atomic E-state index is 0.871. The Balaban J connectivity index is 1.87. The van der Waals surface area contributed by atoms with Crippen LogP contribution in [0.15, 0.2) is 42.9 Å². The molecular formula is C22H22N3+. The van der Waals surface area contributed by atoms with Gasteiger partial charge in [-0.3, -0.25) is 4.98 Å². The van der Waals surface area contributed by atoms with Gasteiger partial charge in [0.25, 0.3) is 6.33 Å². The highest BCUT2D eigenvalue weighted by Crippen LogP contribution is 2.36. The third-order valence-corrected chi connectivity index (χ3v) is 5.06. The molecule has 0 saturated carbocycles. The molecule has 1 aromatic carbocycles. The number of pyridine rings is 1. The van der Waals surface area contributed by atoms with E-state index in [9.17, 15) is 0 Å². The van der Waals surface area contributed by atoms with Crippen molar-refractivity contribution in [3.8, 4) is 11.3 Å². The maximum absolute atomic E-state index is 4.65. The monoisotopic (exact) mass is 328 g/mol. The lowest BCUT2D eigenvalue weighted by Crippen LogP contribution is -2.33. The molecule has 0 N–H and O–H groups in total. The third kappa shape index (κ3) is 2.66.